The van der Waals surface area contributed by atoms with Crippen molar-refractivity contribution in [3.63, 3.8) is 0 Å². The van der Waals surface area contributed by atoms with E-state index in [2.05, 4.69) is 0 Å². The fourth-order valence-electron chi connectivity index (χ4n) is 2.15. The molecule has 0 aromatic heterocycles. The molecule has 0 aliphatic heterocycles. The number of esters is 2. The Morgan fingerprint density at radius 2 is 1.20 bits per heavy atom. The third kappa shape index (κ3) is 6.26. The van der Waals surface area contributed by atoms with Crippen molar-refractivity contribution >= 4 is 11.9 Å². The summed E-state index contributed by atoms with van der Waals surface area (Å²) in [5.74, 6) is -1.32. The Labute approximate surface area is 148 Å². The van der Waals surface area contributed by atoms with Crippen molar-refractivity contribution in [2.24, 2.45) is 5.92 Å². The molecule has 2 rings (SSSR count). The lowest BCUT2D eigenvalue weighted by Gasteiger charge is -2.10. The van der Waals surface area contributed by atoms with Crippen molar-refractivity contribution in [2.75, 3.05) is 0 Å². The van der Waals surface area contributed by atoms with E-state index in [9.17, 15) is 9.59 Å². The van der Waals surface area contributed by atoms with E-state index in [1.165, 1.54) is 0 Å². The summed E-state index contributed by atoms with van der Waals surface area (Å²) < 4.78 is 10.5. The van der Waals surface area contributed by atoms with E-state index in [0.717, 1.165) is 11.1 Å². The second kappa shape index (κ2) is 9.42. The zero-order valence-electron chi connectivity index (χ0n) is 14.5. The van der Waals surface area contributed by atoms with Gasteiger partial charge in [-0.15, -0.1) is 0 Å². The van der Waals surface area contributed by atoms with Crippen LogP contribution in [-0.2, 0) is 32.3 Å². The number of ether oxygens (including phenoxy) is 2. The fourth-order valence-corrected chi connectivity index (χ4v) is 2.15. The van der Waals surface area contributed by atoms with Gasteiger partial charge in [-0.2, -0.15) is 0 Å². The quantitative estimate of drug-likeness (QED) is 0.331. The van der Waals surface area contributed by atoms with Gasteiger partial charge in [-0.1, -0.05) is 80.6 Å². The summed E-state index contributed by atoms with van der Waals surface area (Å²) in [6.45, 7) is 3.99. The second-order valence-corrected chi connectivity index (χ2v) is 5.95. The van der Waals surface area contributed by atoms with Gasteiger partial charge in [-0.3, -0.25) is 0 Å². The van der Waals surface area contributed by atoms with Gasteiger partial charge in [-0.25, -0.2) is 9.59 Å². The SMILES string of the molecule is CC(C)C=C(C(=O)OCc1ccccc1)C(=O)OCc1ccccc1. The maximum atomic E-state index is 12.3. The molecular weight excluding hydrogens is 316 g/mol. The lowest BCUT2D eigenvalue weighted by Crippen LogP contribution is -2.19. The first kappa shape index (κ1) is 18.5. The van der Waals surface area contributed by atoms with E-state index in [1.807, 2.05) is 74.5 Å². The molecule has 0 aliphatic carbocycles. The normalized spacial score (nSPS) is 10.2. The molecule has 0 heterocycles. The van der Waals surface area contributed by atoms with Crippen LogP contribution in [0.4, 0.5) is 0 Å². The highest BCUT2D eigenvalue weighted by molar-refractivity contribution is 6.14. The van der Waals surface area contributed by atoms with Crippen LogP contribution in [0.2, 0.25) is 0 Å². The number of hydrogen-bond acceptors (Lipinski definition) is 4. The van der Waals surface area contributed by atoms with Crippen LogP contribution in [-0.4, -0.2) is 11.9 Å². The van der Waals surface area contributed by atoms with Gasteiger partial charge in [0.1, 0.15) is 18.8 Å². The molecule has 0 atom stereocenters. The van der Waals surface area contributed by atoms with Crippen molar-refractivity contribution in [3.05, 3.63) is 83.4 Å². The Balaban J connectivity index is 1.99. The summed E-state index contributed by atoms with van der Waals surface area (Å²) in [5, 5.41) is 0. The van der Waals surface area contributed by atoms with Crippen molar-refractivity contribution < 1.29 is 19.1 Å². The van der Waals surface area contributed by atoms with Crippen molar-refractivity contribution in [1.29, 1.82) is 0 Å². The van der Waals surface area contributed by atoms with Crippen molar-refractivity contribution in [2.45, 2.75) is 27.1 Å². The molecular formula is C21H22O4. The van der Waals surface area contributed by atoms with Crippen LogP contribution in [0.15, 0.2) is 72.3 Å². The molecule has 0 radical (unpaired) electrons. The minimum absolute atomic E-state index is 0.0172. The molecule has 0 unspecified atom stereocenters. The Bertz CT molecular complexity index is 661. The first-order valence-electron chi connectivity index (χ1n) is 8.20. The minimum Gasteiger partial charge on any atom is -0.457 e. The topological polar surface area (TPSA) is 52.6 Å². The summed E-state index contributed by atoms with van der Waals surface area (Å²) in [7, 11) is 0. The van der Waals surface area contributed by atoms with Gasteiger partial charge in [0.15, 0.2) is 0 Å². The number of benzene rings is 2. The molecule has 2 aromatic carbocycles. The Hall–Kier alpha value is -2.88. The molecule has 4 nitrogen and oxygen atoms in total. The van der Waals surface area contributed by atoms with Crippen LogP contribution < -0.4 is 0 Å². The molecule has 0 aliphatic rings. The Morgan fingerprint density at radius 1 is 0.800 bits per heavy atom. The Kier molecular flexibility index (Phi) is 6.96. The number of carbonyl (C=O) groups is 2. The molecule has 0 fully saturated rings. The third-order valence-corrected chi connectivity index (χ3v) is 3.37. The maximum Gasteiger partial charge on any atom is 0.345 e. The van der Waals surface area contributed by atoms with Crippen LogP contribution in [0, 0.1) is 5.92 Å². The van der Waals surface area contributed by atoms with E-state index in [0.29, 0.717) is 0 Å². The summed E-state index contributed by atoms with van der Waals surface area (Å²) in [6, 6.07) is 18.6. The fraction of sp³-hybridized carbons (Fsp3) is 0.238. The van der Waals surface area contributed by atoms with Gasteiger partial charge in [0, 0.05) is 0 Å². The zero-order chi connectivity index (χ0) is 18.1. The first-order chi connectivity index (χ1) is 12.1. The van der Waals surface area contributed by atoms with Crippen LogP contribution in [0.1, 0.15) is 25.0 Å². The standard InChI is InChI=1S/C21H22O4/c1-16(2)13-19(20(22)24-14-17-9-5-3-6-10-17)21(23)25-15-18-11-7-4-8-12-18/h3-13,16H,14-15H2,1-2H3. The summed E-state index contributed by atoms with van der Waals surface area (Å²) in [4.78, 5) is 24.6. The maximum absolute atomic E-state index is 12.3. The third-order valence-electron chi connectivity index (χ3n) is 3.37. The highest BCUT2D eigenvalue weighted by Crippen LogP contribution is 2.11. The molecule has 0 amide bonds. The van der Waals surface area contributed by atoms with E-state index in [1.54, 1.807) is 6.08 Å². The average molecular weight is 338 g/mol. The van der Waals surface area contributed by atoms with Gasteiger partial charge in [0.05, 0.1) is 0 Å². The van der Waals surface area contributed by atoms with Gasteiger partial charge in [-0.05, 0) is 17.0 Å². The lowest BCUT2D eigenvalue weighted by molar-refractivity contribution is -0.148. The Morgan fingerprint density at radius 3 is 1.56 bits per heavy atom. The summed E-state index contributed by atoms with van der Waals surface area (Å²) in [6.07, 6.45) is 1.57. The van der Waals surface area contributed by atoms with Gasteiger partial charge < -0.3 is 9.47 Å². The van der Waals surface area contributed by atoms with E-state index >= 15 is 0 Å². The molecule has 0 bridgehead atoms. The van der Waals surface area contributed by atoms with Gasteiger partial charge in [0.25, 0.3) is 0 Å². The summed E-state index contributed by atoms with van der Waals surface area (Å²) >= 11 is 0. The summed E-state index contributed by atoms with van der Waals surface area (Å²) in [5.41, 5.74) is 1.65. The first-order valence-corrected chi connectivity index (χ1v) is 8.20. The van der Waals surface area contributed by atoms with E-state index in [-0.39, 0.29) is 24.7 Å². The molecule has 130 valence electrons. The minimum atomic E-state index is -0.671. The molecule has 0 saturated heterocycles. The van der Waals surface area contributed by atoms with Crippen LogP contribution >= 0.6 is 0 Å². The molecule has 2 aromatic rings. The van der Waals surface area contributed by atoms with Crippen molar-refractivity contribution in [1.82, 2.24) is 0 Å². The second-order valence-electron chi connectivity index (χ2n) is 5.95. The number of allylic oxidation sites excluding steroid dienone is 1. The number of hydrogen-bond donors (Lipinski definition) is 0. The zero-order valence-corrected chi connectivity index (χ0v) is 14.5. The highest BCUT2D eigenvalue weighted by Gasteiger charge is 2.22. The van der Waals surface area contributed by atoms with Crippen LogP contribution in [0.5, 0.6) is 0 Å². The van der Waals surface area contributed by atoms with Crippen molar-refractivity contribution in [3.8, 4) is 0 Å². The largest absolute Gasteiger partial charge is 0.457 e. The predicted octanol–water partition coefficient (Wildman–Crippen LogP) is 4.06. The molecule has 0 saturated carbocycles. The van der Waals surface area contributed by atoms with Gasteiger partial charge in [0.2, 0.25) is 0 Å². The van der Waals surface area contributed by atoms with E-state index < -0.39 is 11.9 Å². The molecule has 25 heavy (non-hydrogen) atoms. The average Bonchev–Trinajstić information content (AvgIpc) is 2.64. The molecule has 0 spiro atoms. The van der Waals surface area contributed by atoms with Gasteiger partial charge >= 0.3 is 11.9 Å². The lowest BCUT2D eigenvalue weighted by atomic mass is 10.1. The highest BCUT2D eigenvalue weighted by atomic mass is 16.6. The number of carbonyl (C=O) groups excluding carboxylic acids is 2. The smallest absolute Gasteiger partial charge is 0.345 e. The molecule has 0 N–H and O–H groups in total. The number of rotatable bonds is 7. The van der Waals surface area contributed by atoms with Crippen LogP contribution in [0.3, 0.4) is 0 Å². The monoisotopic (exact) mass is 338 g/mol. The molecule has 4 heteroatoms. The van der Waals surface area contributed by atoms with Crippen LogP contribution in [0.25, 0.3) is 0 Å². The predicted molar refractivity (Wildman–Crippen MR) is 95.4 cm³/mol. The van der Waals surface area contributed by atoms with E-state index in [4.69, 9.17) is 9.47 Å².